The van der Waals surface area contributed by atoms with Gasteiger partial charge in [0.2, 0.25) is 15.7 Å². The molecule has 0 saturated heterocycles. The molecule has 0 saturated carbocycles. The highest BCUT2D eigenvalue weighted by Gasteiger charge is 2.25. The van der Waals surface area contributed by atoms with Crippen LogP contribution in [0, 0.1) is 0 Å². The third-order valence-corrected chi connectivity index (χ3v) is 8.47. The number of amides is 1. The van der Waals surface area contributed by atoms with Crippen molar-refractivity contribution in [3.63, 3.8) is 0 Å². The third kappa shape index (κ3) is 5.95. The van der Waals surface area contributed by atoms with Crippen LogP contribution >= 0.6 is 11.8 Å². The van der Waals surface area contributed by atoms with Gasteiger partial charge in [0.1, 0.15) is 10.7 Å². The van der Waals surface area contributed by atoms with Gasteiger partial charge >= 0.3 is 0 Å². The maximum atomic E-state index is 13.1. The Morgan fingerprint density at radius 1 is 1.06 bits per heavy atom. The molecule has 0 aliphatic carbocycles. The van der Waals surface area contributed by atoms with Crippen LogP contribution in [-0.2, 0) is 21.1 Å². The number of carbonyl (C=O) groups excluding carboxylic acids is 1. The van der Waals surface area contributed by atoms with Gasteiger partial charge < -0.3 is 11.1 Å². The molecule has 2 aromatic carbocycles. The second kappa shape index (κ2) is 11.0. The number of anilines is 2. The molecule has 1 amide bonds. The van der Waals surface area contributed by atoms with Crippen LogP contribution in [0.2, 0.25) is 0 Å². The average molecular weight is 499 g/mol. The van der Waals surface area contributed by atoms with Gasteiger partial charge in [-0.25, -0.2) is 18.4 Å². The molecule has 0 bridgehead atoms. The lowest BCUT2D eigenvalue weighted by Gasteiger charge is -2.15. The van der Waals surface area contributed by atoms with Crippen molar-refractivity contribution < 1.29 is 13.2 Å². The van der Waals surface area contributed by atoms with E-state index in [0.717, 1.165) is 23.7 Å². The molecule has 3 N–H and O–H groups in total. The zero-order valence-corrected chi connectivity index (χ0v) is 21.4. The molecule has 0 aliphatic heterocycles. The van der Waals surface area contributed by atoms with E-state index in [4.69, 9.17) is 5.73 Å². The van der Waals surface area contributed by atoms with E-state index >= 15 is 0 Å². The number of hydrogen-bond donors (Lipinski definition) is 2. The topological polar surface area (TPSA) is 115 Å². The first-order valence-corrected chi connectivity index (χ1v) is 13.6. The summed E-state index contributed by atoms with van der Waals surface area (Å²) in [6, 6.07) is 14.4. The number of hydrogen-bond acceptors (Lipinski definition) is 7. The van der Waals surface area contributed by atoms with E-state index in [2.05, 4.69) is 22.2 Å². The zero-order chi connectivity index (χ0) is 24.9. The SMILES string of the molecule is CCc1ccc(NC(=O)C(CC)Sc2ncc(S(=O)(=O)c3ccc(C(C)C)cc3)c(N)n2)cc1. The van der Waals surface area contributed by atoms with Crippen LogP contribution in [-0.4, -0.2) is 29.5 Å². The molecule has 3 aromatic rings. The second-order valence-electron chi connectivity index (χ2n) is 8.18. The number of carbonyl (C=O) groups is 1. The summed E-state index contributed by atoms with van der Waals surface area (Å²) in [6.07, 6.45) is 2.68. The van der Waals surface area contributed by atoms with Crippen molar-refractivity contribution >= 4 is 39.0 Å². The number of sulfone groups is 1. The predicted molar refractivity (Wildman–Crippen MR) is 137 cm³/mol. The van der Waals surface area contributed by atoms with Gasteiger partial charge in [0.05, 0.1) is 16.3 Å². The summed E-state index contributed by atoms with van der Waals surface area (Å²) < 4.78 is 26.1. The Morgan fingerprint density at radius 3 is 2.24 bits per heavy atom. The standard InChI is InChI=1S/C25H30N4O3S2/c1-5-17-7-11-19(12-8-17)28-24(30)21(6-2)33-25-27-15-22(23(26)29-25)34(31,32)20-13-9-18(10-14-20)16(3)4/h7-16,21H,5-6H2,1-4H3,(H,28,30)(H2,26,27,29). The van der Waals surface area contributed by atoms with E-state index in [1.807, 2.05) is 45.0 Å². The minimum absolute atomic E-state index is 0.132. The highest BCUT2D eigenvalue weighted by molar-refractivity contribution is 8.00. The lowest BCUT2D eigenvalue weighted by Crippen LogP contribution is -2.25. The summed E-state index contributed by atoms with van der Waals surface area (Å²) in [5.74, 6) is -0.0300. The van der Waals surface area contributed by atoms with E-state index in [1.165, 1.54) is 11.8 Å². The van der Waals surface area contributed by atoms with Gasteiger partial charge in [0.25, 0.3) is 0 Å². The quantitative estimate of drug-likeness (QED) is 0.312. The lowest BCUT2D eigenvalue weighted by atomic mass is 10.0. The fourth-order valence-electron chi connectivity index (χ4n) is 3.29. The van der Waals surface area contributed by atoms with Crippen molar-refractivity contribution in [2.24, 2.45) is 0 Å². The van der Waals surface area contributed by atoms with Crippen LogP contribution < -0.4 is 11.1 Å². The van der Waals surface area contributed by atoms with Crippen LogP contribution in [0.3, 0.4) is 0 Å². The summed E-state index contributed by atoms with van der Waals surface area (Å²) in [5.41, 5.74) is 8.97. The molecule has 1 heterocycles. The van der Waals surface area contributed by atoms with Crippen molar-refractivity contribution in [1.29, 1.82) is 0 Å². The molecule has 0 radical (unpaired) electrons. The fraction of sp³-hybridized carbons (Fsp3) is 0.320. The Labute approximate surface area is 205 Å². The van der Waals surface area contributed by atoms with Gasteiger partial charge in [0, 0.05) is 5.69 Å². The molecule has 9 heteroatoms. The first kappa shape index (κ1) is 25.7. The van der Waals surface area contributed by atoms with Crippen LogP contribution in [0.5, 0.6) is 0 Å². The number of nitrogen functional groups attached to an aromatic ring is 1. The van der Waals surface area contributed by atoms with E-state index < -0.39 is 15.1 Å². The molecule has 180 valence electrons. The number of aromatic nitrogens is 2. The molecule has 34 heavy (non-hydrogen) atoms. The van der Waals surface area contributed by atoms with Crippen molar-refractivity contribution in [2.75, 3.05) is 11.1 Å². The molecule has 1 aromatic heterocycles. The first-order valence-electron chi connectivity index (χ1n) is 11.2. The number of nitrogens with zero attached hydrogens (tertiary/aromatic N) is 2. The van der Waals surface area contributed by atoms with Crippen LogP contribution in [0.4, 0.5) is 11.5 Å². The number of nitrogens with two attached hydrogens (primary N) is 1. The van der Waals surface area contributed by atoms with Gasteiger partial charge in [0.15, 0.2) is 5.16 Å². The molecule has 0 spiro atoms. The number of rotatable bonds is 9. The summed E-state index contributed by atoms with van der Waals surface area (Å²) in [4.78, 5) is 21.1. The third-order valence-electron chi connectivity index (χ3n) is 5.45. The normalized spacial score (nSPS) is 12.5. The van der Waals surface area contributed by atoms with Crippen molar-refractivity contribution in [2.45, 2.75) is 66.7 Å². The van der Waals surface area contributed by atoms with Crippen LogP contribution in [0.15, 0.2) is 69.7 Å². The van der Waals surface area contributed by atoms with E-state index in [1.54, 1.807) is 24.3 Å². The van der Waals surface area contributed by atoms with Gasteiger partial charge in [-0.15, -0.1) is 0 Å². The van der Waals surface area contributed by atoms with E-state index in [0.29, 0.717) is 18.0 Å². The average Bonchev–Trinajstić information content (AvgIpc) is 2.82. The number of thioether (sulfide) groups is 1. The van der Waals surface area contributed by atoms with Gasteiger partial charge in [-0.05, 0) is 54.2 Å². The van der Waals surface area contributed by atoms with Gasteiger partial charge in [-0.2, -0.15) is 0 Å². The lowest BCUT2D eigenvalue weighted by molar-refractivity contribution is -0.115. The Kier molecular flexibility index (Phi) is 8.33. The molecule has 0 fully saturated rings. The highest BCUT2D eigenvalue weighted by atomic mass is 32.2. The minimum Gasteiger partial charge on any atom is -0.382 e. The molecule has 1 unspecified atom stereocenters. The summed E-state index contributed by atoms with van der Waals surface area (Å²) >= 11 is 1.15. The molecule has 0 aliphatic rings. The molecular weight excluding hydrogens is 468 g/mol. The maximum Gasteiger partial charge on any atom is 0.237 e. The highest BCUT2D eigenvalue weighted by Crippen LogP contribution is 2.29. The monoisotopic (exact) mass is 498 g/mol. The van der Waals surface area contributed by atoms with Crippen molar-refractivity contribution in [3.05, 3.63) is 65.9 Å². The molecule has 3 rings (SSSR count). The van der Waals surface area contributed by atoms with Gasteiger partial charge in [-0.3, -0.25) is 4.79 Å². The number of benzene rings is 2. The van der Waals surface area contributed by atoms with Crippen LogP contribution in [0.25, 0.3) is 0 Å². The number of aryl methyl sites for hydroxylation is 1. The maximum absolute atomic E-state index is 13.1. The fourth-order valence-corrected chi connectivity index (χ4v) is 5.40. The molecule has 7 nitrogen and oxygen atoms in total. The molecule has 1 atom stereocenters. The summed E-state index contributed by atoms with van der Waals surface area (Å²) in [7, 11) is -3.86. The predicted octanol–water partition coefficient (Wildman–Crippen LogP) is 5.09. The van der Waals surface area contributed by atoms with Crippen molar-refractivity contribution in [1.82, 2.24) is 9.97 Å². The number of nitrogens with one attached hydrogen (secondary N) is 1. The Hall–Kier alpha value is -2.91. The Balaban J connectivity index is 1.75. The molecular formula is C25H30N4O3S2. The largest absolute Gasteiger partial charge is 0.382 e. The van der Waals surface area contributed by atoms with E-state index in [-0.39, 0.29) is 26.7 Å². The second-order valence-corrected chi connectivity index (χ2v) is 11.3. The minimum atomic E-state index is -3.86. The van der Waals surface area contributed by atoms with E-state index in [9.17, 15) is 13.2 Å². The van der Waals surface area contributed by atoms with Crippen LogP contribution in [0.1, 0.15) is 51.2 Å². The first-order chi connectivity index (χ1) is 16.1. The van der Waals surface area contributed by atoms with Crippen molar-refractivity contribution in [3.8, 4) is 0 Å². The Morgan fingerprint density at radius 2 is 1.71 bits per heavy atom. The smallest absolute Gasteiger partial charge is 0.237 e. The summed E-state index contributed by atoms with van der Waals surface area (Å²) in [5, 5.41) is 2.69. The zero-order valence-electron chi connectivity index (χ0n) is 19.8. The summed E-state index contributed by atoms with van der Waals surface area (Å²) in [6.45, 7) is 8.04. The Bertz CT molecular complexity index is 1240. The van der Waals surface area contributed by atoms with Gasteiger partial charge in [-0.1, -0.05) is 63.7 Å².